The first kappa shape index (κ1) is 11.5. The van der Waals surface area contributed by atoms with Gasteiger partial charge in [-0.2, -0.15) is 0 Å². The van der Waals surface area contributed by atoms with E-state index in [0.29, 0.717) is 18.5 Å². The molecule has 1 aromatic carbocycles. The molecule has 17 heavy (non-hydrogen) atoms. The molecule has 0 radical (unpaired) electrons. The van der Waals surface area contributed by atoms with Crippen molar-refractivity contribution in [1.82, 2.24) is 0 Å². The summed E-state index contributed by atoms with van der Waals surface area (Å²) in [6.07, 6.45) is 1.34. The number of Topliss-reactive ketones (excluding diaryl/α,β-unsaturated/α-hetero) is 2. The number of amides is 1. The molecule has 1 unspecified atom stereocenters. The molecule has 0 aromatic heterocycles. The molecule has 0 aliphatic heterocycles. The van der Waals surface area contributed by atoms with Crippen LogP contribution in [-0.2, 0) is 14.4 Å². The maximum atomic E-state index is 11.8. The molecule has 1 saturated carbocycles. The Morgan fingerprint density at radius 2 is 1.88 bits per heavy atom. The number of hydrogen-bond acceptors (Lipinski definition) is 3. The van der Waals surface area contributed by atoms with Gasteiger partial charge in [-0.1, -0.05) is 18.2 Å². The van der Waals surface area contributed by atoms with Crippen LogP contribution < -0.4 is 5.32 Å². The zero-order chi connectivity index (χ0) is 12.3. The molecule has 0 heterocycles. The van der Waals surface area contributed by atoms with Crippen LogP contribution in [0.2, 0.25) is 0 Å². The number of anilines is 1. The van der Waals surface area contributed by atoms with Crippen molar-refractivity contribution in [3.63, 3.8) is 0 Å². The number of ketones is 2. The van der Waals surface area contributed by atoms with Crippen LogP contribution in [0.3, 0.4) is 0 Å². The Morgan fingerprint density at radius 3 is 2.59 bits per heavy atom. The van der Waals surface area contributed by atoms with Gasteiger partial charge in [-0.25, -0.2) is 0 Å². The molecule has 1 amide bonds. The van der Waals surface area contributed by atoms with Crippen molar-refractivity contribution in [2.45, 2.75) is 19.3 Å². The van der Waals surface area contributed by atoms with Gasteiger partial charge >= 0.3 is 0 Å². The van der Waals surface area contributed by atoms with E-state index < -0.39 is 17.5 Å². The van der Waals surface area contributed by atoms with Crippen LogP contribution in [0, 0.1) is 5.92 Å². The van der Waals surface area contributed by atoms with Crippen LogP contribution in [0.15, 0.2) is 30.3 Å². The molecule has 1 aromatic rings. The summed E-state index contributed by atoms with van der Waals surface area (Å²) in [4.78, 5) is 34.6. The number of carbonyl (C=O) groups is 3. The van der Waals surface area contributed by atoms with E-state index in [-0.39, 0.29) is 12.3 Å². The van der Waals surface area contributed by atoms with Gasteiger partial charge in [0.25, 0.3) is 0 Å². The Morgan fingerprint density at radius 1 is 1.18 bits per heavy atom. The molecule has 1 atom stereocenters. The second-order valence-corrected chi connectivity index (χ2v) is 4.09. The lowest BCUT2D eigenvalue weighted by Gasteiger charge is -2.18. The highest BCUT2D eigenvalue weighted by Crippen LogP contribution is 2.20. The van der Waals surface area contributed by atoms with Crippen LogP contribution in [-0.4, -0.2) is 17.5 Å². The zero-order valence-electron chi connectivity index (χ0n) is 9.31. The molecule has 88 valence electrons. The van der Waals surface area contributed by atoms with Gasteiger partial charge in [0.05, 0.1) is 0 Å². The molecule has 0 spiro atoms. The van der Waals surface area contributed by atoms with E-state index >= 15 is 0 Å². The Hall–Kier alpha value is -1.97. The summed E-state index contributed by atoms with van der Waals surface area (Å²) < 4.78 is 0. The highest BCUT2D eigenvalue weighted by Gasteiger charge is 2.34. The lowest BCUT2D eigenvalue weighted by atomic mass is 9.86. The molecule has 0 bridgehead atoms. The molecule has 0 saturated heterocycles. The van der Waals surface area contributed by atoms with Gasteiger partial charge in [0.15, 0.2) is 5.78 Å². The van der Waals surface area contributed by atoms with Gasteiger partial charge < -0.3 is 5.32 Å². The first-order valence-electron chi connectivity index (χ1n) is 5.61. The monoisotopic (exact) mass is 231 g/mol. The largest absolute Gasteiger partial charge is 0.325 e. The van der Waals surface area contributed by atoms with Gasteiger partial charge in [0.1, 0.15) is 5.92 Å². The van der Waals surface area contributed by atoms with E-state index in [9.17, 15) is 14.4 Å². The summed E-state index contributed by atoms with van der Waals surface area (Å²) in [6.45, 7) is 0. The van der Waals surface area contributed by atoms with E-state index in [1.807, 2.05) is 6.07 Å². The minimum Gasteiger partial charge on any atom is -0.325 e. The number of para-hydroxylation sites is 1. The smallest absolute Gasteiger partial charge is 0.235 e. The summed E-state index contributed by atoms with van der Waals surface area (Å²) in [7, 11) is 0. The predicted octanol–water partition coefficient (Wildman–Crippen LogP) is 1.56. The summed E-state index contributed by atoms with van der Waals surface area (Å²) in [5, 5.41) is 2.65. The Kier molecular flexibility index (Phi) is 3.32. The Labute approximate surface area is 99.0 Å². The molecule has 2 rings (SSSR count). The quantitative estimate of drug-likeness (QED) is 0.620. The molecular formula is C13H13NO3. The topological polar surface area (TPSA) is 63.2 Å². The third-order valence-corrected chi connectivity index (χ3v) is 2.85. The fraction of sp³-hybridized carbons (Fsp3) is 0.308. The number of nitrogens with one attached hydrogen (secondary N) is 1. The van der Waals surface area contributed by atoms with Crippen molar-refractivity contribution in [2.75, 3.05) is 5.32 Å². The highest BCUT2D eigenvalue weighted by atomic mass is 16.2. The Bertz CT molecular complexity index is 453. The lowest BCUT2D eigenvalue weighted by Crippen LogP contribution is -2.37. The van der Waals surface area contributed by atoms with Gasteiger partial charge in [0.2, 0.25) is 11.7 Å². The van der Waals surface area contributed by atoms with E-state index in [4.69, 9.17) is 0 Å². The lowest BCUT2D eigenvalue weighted by molar-refractivity contribution is -0.144. The van der Waals surface area contributed by atoms with Crippen molar-refractivity contribution in [2.24, 2.45) is 5.92 Å². The van der Waals surface area contributed by atoms with Crippen molar-refractivity contribution in [3.8, 4) is 0 Å². The van der Waals surface area contributed by atoms with Gasteiger partial charge in [-0.15, -0.1) is 0 Å². The minimum atomic E-state index is -0.809. The van der Waals surface area contributed by atoms with Crippen molar-refractivity contribution in [1.29, 1.82) is 0 Å². The molecule has 1 N–H and O–H groups in total. The van der Waals surface area contributed by atoms with E-state index in [0.717, 1.165) is 0 Å². The third kappa shape index (κ3) is 2.58. The molecule has 1 aliphatic carbocycles. The van der Waals surface area contributed by atoms with Crippen LogP contribution >= 0.6 is 0 Å². The first-order chi connectivity index (χ1) is 8.18. The van der Waals surface area contributed by atoms with Crippen LogP contribution in [0.5, 0.6) is 0 Å². The van der Waals surface area contributed by atoms with Crippen LogP contribution in [0.4, 0.5) is 5.69 Å². The SMILES string of the molecule is O=C1CCCC(C(=O)Nc2ccccc2)C1=O. The maximum Gasteiger partial charge on any atom is 0.235 e. The highest BCUT2D eigenvalue weighted by molar-refractivity contribution is 6.42. The molecular weight excluding hydrogens is 218 g/mol. The second-order valence-electron chi connectivity index (χ2n) is 4.09. The molecule has 1 fully saturated rings. The fourth-order valence-electron chi connectivity index (χ4n) is 1.92. The average molecular weight is 231 g/mol. The maximum absolute atomic E-state index is 11.8. The number of hydrogen-bond donors (Lipinski definition) is 1. The van der Waals surface area contributed by atoms with E-state index in [2.05, 4.69) is 5.32 Å². The number of rotatable bonds is 2. The molecule has 4 nitrogen and oxygen atoms in total. The summed E-state index contributed by atoms with van der Waals surface area (Å²) in [6, 6.07) is 8.91. The van der Waals surface area contributed by atoms with Crippen molar-refractivity contribution in [3.05, 3.63) is 30.3 Å². The zero-order valence-corrected chi connectivity index (χ0v) is 9.31. The molecule has 1 aliphatic rings. The van der Waals surface area contributed by atoms with Gasteiger partial charge in [0, 0.05) is 12.1 Å². The normalized spacial score (nSPS) is 20.1. The predicted molar refractivity (Wildman–Crippen MR) is 62.4 cm³/mol. The Balaban J connectivity index is 2.05. The van der Waals surface area contributed by atoms with Crippen LogP contribution in [0.1, 0.15) is 19.3 Å². The van der Waals surface area contributed by atoms with Crippen molar-refractivity contribution >= 4 is 23.2 Å². The summed E-state index contributed by atoms with van der Waals surface area (Å²) >= 11 is 0. The standard InChI is InChI=1S/C13H13NO3/c15-11-8-4-7-10(12(11)16)13(17)14-9-5-2-1-3-6-9/h1-3,5-6,10H,4,7-8H2,(H,14,17). The van der Waals surface area contributed by atoms with E-state index in [1.165, 1.54) is 0 Å². The number of benzene rings is 1. The van der Waals surface area contributed by atoms with Crippen LogP contribution in [0.25, 0.3) is 0 Å². The second kappa shape index (κ2) is 4.91. The number of carbonyl (C=O) groups excluding carboxylic acids is 3. The van der Waals surface area contributed by atoms with Gasteiger partial charge in [-0.3, -0.25) is 14.4 Å². The van der Waals surface area contributed by atoms with Gasteiger partial charge in [-0.05, 0) is 25.0 Å². The average Bonchev–Trinajstić information content (AvgIpc) is 2.34. The fourth-order valence-corrected chi connectivity index (χ4v) is 1.92. The summed E-state index contributed by atoms with van der Waals surface area (Å²) in [5.74, 6) is -2.17. The minimum absolute atomic E-state index is 0.272. The first-order valence-corrected chi connectivity index (χ1v) is 5.61. The van der Waals surface area contributed by atoms with Crippen molar-refractivity contribution < 1.29 is 14.4 Å². The van der Waals surface area contributed by atoms with E-state index in [1.54, 1.807) is 24.3 Å². The molecule has 4 heteroatoms. The third-order valence-electron chi connectivity index (χ3n) is 2.85. The summed E-state index contributed by atoms with van der Waals surface area (Å²) in [5.41, 5.74) is 0.642.